The van der Waals surface area contributed by atoms with Crippen molar-refractivity contribution in [3.05, 3.63) is 96.3 Å². The molecule has 4 nitrogen and oxygen atoms in total. The molecule has 30 heavy (non-hydrogen) atoms. The van der Waals surface area contributed by atoms with Crippen molar-refractivity contribution in [1.29, 1.82) is 0 Å². The summed E-state index contributed by atoms with van der Waals surface area (Å²) in [7, 11) is 0. The van der Waals surface area contributed by atoms with E-state index in [2.05, 4.69) is 93.9 Å². The Bertz CT molecular complexity index is 1670. The van der Waals surface area contributed by atoms with Gasteiger partial charge in [0.1, 0.15) is 11.3 Å². The third-order valence-corrected chi connectivity index (χ3v) is 5.97. The van der Waals surface area contributed by atoms with Crippen molar-refractivity contribution in [2.24, 2.45) is 0 Å². The Kier molecular flexibility index (Phi) is 3.03. The first-order chi connectivity index (χ1) is 14.9. The van der Waals surface area contributed by atoms with Crippen LogP contribution < -0.4 is 0 Å². The molecule has 3 aromatic carbocycles. The predicted octanol–water partition coefficient (Wildman–Crippen LogP) is 6.30. The van der Waals surface area contributed by atoms with Crippen LogP contribution in [-0.2, 0) is 6.42 Å². The van der Waals surface area contributed by atoms with Crippen LogP contribution in [0.2, 0.25) is 0 Å². The highest BCUT2D eigenvalue weighted by Crippen LogP contribution is 2.34. The SMILES string of the molecule is C1=CCc2oc3ccc(-n4c5ccccc5n5c6ccccc6nc45)cc3c2C=C1. The van der Waals surface area contributed by atoms with Gasteiger partial charge in [-0.15, -0.1) is 0 Å². The van der Waals surface area contributed by atoms with Crippen molar-refractivity contribution in [1.82, 2.24) is 14.0 Å². The van der Waals surface area contributed by atoms with Crippen molar-refractivity contribution in [3.63, 3.8) is 0 Å². The molecule has 0 aliphatic heterocycles. The summed E-state index contributed by atoms with van der Waals surface area (Å²) in [5.74, 6) is 1.93. The lowest BCUT2D eigenvalue weighted by Gasteiger charge is -2.05. The van der Waals surface area contributed by atoms with E-state index in [0.717, 1.165) is 62.2 Å². The van der Waals surface area contributed by atoms with Crippen LogP contribution in [0.5, 0.6) is 0 Å². The Balaban J connectivity index is 1.60. The Hall–Kier alpha value is -4.05. The lowest BCUT2D eigenvalue weighted by molar-refractivity contribution is 0.564. The summed E-state index contributed by atoms with van der Waals surface area (Å²) in [6.45, 7) is 0. The van der Waals surface area contributed by atoms with Gasteiger partial charge in [0.15, 0.2) is 0 Å². The van der Waals surface area contributed by atoms with Crippen molar-refractivity contribution in [2.45, 2.75) is 6.42 Å². The van der Waals surface area contributed by atoms with Crippen LogP contribution >= 0.6 is 0 Å². The maximum absolute atomic E-state index is 6.13. The molecule has 1 aliphatic carbocycles. The molecule has 0 amide bonds. The average Bonchev–Trinajstić information content (AvgIpc) is 3.35. The fourth-order valence-electron chi connectivity index (χ4n) is 4.64. The molecular weight excluding hydrogens is 370 g/mol. The minimum atomic E-state index is 0.814. The van der Waals surface area contributed by atoms with Gasteiger partial charge in [0.25, 0.3) is 0 Å². The maximum Gasteiger partial charge on any atom is 0.220 e. The summed E-state index contributed by atoms with van der Waals surface area (Å²) in [5.41, 5.74) is 7.57. The normalized spacial score (nSPS) is 13.6. The molecule has 0 spiro atoms. The van der Waals surface area contributed by atoms with E-state index in [1.54, 1.807) is 0 Å². The summed E-state index contributed by atoms with van der Waals surface area (Å²) in [4.78, 5) is 4.98. The second-order valence-corrected chi connectivity index (χ2v) is 7.67. The zero-order chi connectivity index (χ0) is 19.7. The summed E-state index contributed by atoms with van der Waals surface area (Å²) in [6, 6.07) is 23.2. The van der Waals surface area contributed by atoms with Gasteiger partial charge in [0.2, 0.25) is 5.78 Å². The van der Waals surface area contributed by atoms with Crippen LogP contribution in [0, 0.1) is 0 Å². The first-order valence-corrected chi connectivity index (χ1v) is 10.1. The van der Waals surface area contributed by atoms with Crippen molar-refractivity contribution in [2.75, 3.05) is 0 Å². The summed E-state index contributed by atoms with van der Waals surface area (Å²) < 4.78 is 10.6. The van der Waals surface area contributed by atoms with Crippen LogP contribution in [0.3, 0.4) is 0 Å². The molecular formula is C26H17N3O. The number of furan rings is 1. The molecule has 0 fully saturated rings. The molecule has 0 saturated carbocycles. The third kappa shape index (κ3) is 2.02. The molecule has 4 heteroatoms. The van der Waals surface area contributed by atoms with Gasteiger partial charge in [0, 0.05) is 17.4 Å². The smallest absolute Gasteiger partial charge is 0.220 e. The van der Waals surface area contributed by atoms with Crippen molar-refractivity contribution < 1.29 is 4.42 Å². The van der Waals surface area contributed by atoms with E-state index in [9.17, 15) is 0 Å². The third-order valence-electron chi connectivity index (χ3n) is 5.97. The summed E-state index contributed by atoms with van der Waals surface area (Å²) in [5, 5.41) is 1.13. The quantitative estimate of drug-likeness (QED) is 0.332. The van der Waals surface area contributed by atoms with E-state index >= 15 is 0 Å². The lowest BCUT2D eigenvalue weighted by Crippen LogP contribution is -1.95. The number of benzene rings is 3. The number of allylic oxidation sites excluding steroid dienone is 3. The highest BCUT2D eigenvalue weighted by atomic mass is 16.3. The van der Waals surface area contributed by atoms with Gasteiger partial charge in [-0.05, 0) is 42.5 Å². The molecule has 1 aliphatic rings. The standard InChI is InChI=1S/C26H17N3O/c1-2-8-18-19-16-17(14-15-25(19)30-24(18)13-3-1)28-22-11-6-7-12-23(22)29-21-10-5-4-9-20(21)27-26(28)29/h1-12,14-16H,13H2. The van der Waals surface area contributed by atoms with Crippen LogP contribution in [-0.4, -0.2) is 14.0 Å². The Morgan fingerprint density at radius 2 is 1.67 bits per heavy atom. The molecule has 0 saturated heterocycles. The van der Waals surface area contributed by atoms with E-state index in [0.29, 0.717) is 0 Å². The number of imidazole rings is 2. The van der Waals surface area contributed by atoms with Gasteiger partial charge in [-0.25, -0.2) is 4.98 Å². The monoisotopic (exact) mass is 387 g/mol. The molecule has 0 N–H and O–H groups in total. The Morgan fingerprint density at radius 3 is 2.60 bits per heavy atom. The predicted molar refractivity (Wildman–Crippen MR) is 121 cm³/mol. The van der Waals surface area contributed by atoms with Crippen molar-refractivity contribution >= 4 is 44.9 Å². The largest absolute Gasteiger partial charge is 0.460 e. The second kappa shape index (κ2) is 5.74. The first-order valence-electron chi connectivity index (χ1n) is 10.1. The number of hydrogen-bond donors (Lipinski definition) is 0. The zero-order valence-corrected chi connectivity index (χ0v) is 16.1. The molecule has 3 aromatic heterocycles. The molecule has 0 unspecified atom stereocenters. The molecule has 142 valence electrons. The Labute approximate surface area is 172 Å². The number of aromatic nitrogens is 3. The van der Waals surface area contributed by atoms with Crippen molar-refractivity contribution in [3.8, 4) is 5.69 Å². The molecule has 6 aromatic rings. The first kappa shape index (κ1) is 15.8. The van der Waals surface area contributed by atoms with E-state index in [4.69, 9.17) is 9.40 Å². The zero-order valence-electron chi connectivity index (χ0n) is 16.1. The van der Waals surface area contributed by atoms with E-state index in [1.807, 2.05) is 6.07 Å². The second-order valence-electron chi connectivity index (χ2n) is 7.67. The minimum absolute atomic E-state index is 0.814. The van der Waals surface area contributed by atoms with Crippen LogP contribution in [0.1, 0.15) is 11.3 Å². The van der Waals surface area contributed by atoms with E-state index in [-0.39, 0.29) is 0 Å². The van der Waals surface area contributed by atoms with Gasteiger partial charge >= 0.3 is 0 Å². The van der Waals surface area contributed by atoms with E-state index < -0.39 is 0 Å². The lowest BCUT2D eigenvalue weighted by atomic mass is 10.1. The molecule has 0 atom stereocenters. The summed E-state index contributed by atoms with van der Waals surface area (Å²) in [6.07, 6.45) is 9.24. The molecule has 3 heterocycles. The maximum atomic E-state index is 6.13. The topological polar surface area (TPSA) is 35.4 Å². The van der Waals surface area contributed by atoms with Crippen LogP contribution in [0.4, 0.5) is 0 Å². The number of para-hydroxylation sites is 4. The van der Waals surface area contributed by atoms with Gasteiger partial charge in [-0.2, -0.15) is 0 Å². The fraction of sp³-hybridized carbons (Fsp3) is 0.0385. The highest BCUT2D eigenvalue weighted by Gasteiger charge is 2.18. The fourth-order valence-corrected chi connectivity index (χ4v) is 4.64. The minimum Gasteiger partial charge on any atom is -0.460 e. The van der Waals surface area contributed by atoms with Gasteiger partial charge in [0.05, 0.1) is 27.8 Å². The number of rotatable bonds is 1. The molecule has 7 rings (SSSR count). The van der Waals surface area contributed by atoms with Gasteiger partial charge < -0.3 is 4.42 Å². The highest BCUT2D eigenvalue weighted by molar-refractivity contribution is 5.94. The summed E-state index contributed by atoms with van der Waals surface area (Å²) >= 11 is 0. The molecule has 0 bridgehead atoms. The van der Waals surface area contributed by atoms with Crippen LogP contribution in [0.15, 0.2) is 89.4 Å². The van der Waals surface area contributed by atoms with Gasteiger partial charge in [-0.1, -0.05) is 48.6 Å². The number of nitrogens with zero attached hydrogens (tertiary/aromatic N) is 3. The number of fused-ring (bicyclic) bond motifs is 8. The average molecular weight is 387 g/mol. The van der Waals surface area contributed by atoms with E-state index in [1.165, 1.54) is 0 Å². The van der Waals surface area contributed by atoms with Crippen LogP contribution in [0.25, 0.3) is 50.6 Å². The van der Waals surface area contributed by atoms with Gasteiger partial charge in [-0.3, -0.25) is 8.97 Å². The Morgan fingerprint density at radius 1 is 0.833 bits per heavy atom. The molecule has 0 radical (unpaired) electrons. The number of hydrogen-bond acceptors (Lipinski definition) is 2.